The maximum Gasteiger partial charge on any atom is 0.282 e. The molecule has 1 N–H and O–H groups in total. The number of fused-ring (bicyclic) bond motifs is 1. The molecule has 1 aromatic rings. The molecule has 0 aliphatic carbocycles. The number of rotatable bonds is 2. The summed E-state index contributed by atoms with van der Waals surface area (Å²) in [5.74, 6) is 0.530. The molecule has 0 spiro atoms. The van der Waals surface area contributed by atoms with Crippen LogP contribution < -0.4 is 4.90 Å². The van der Waals surface area contributed by atoms with Crippen molar-refractivity contribution in [1.82, 2.24) is 5.06 Å². The minimum atomic E-state index is -0.428. The van der Waals surface area contributed by atoms with Crippen molar-refractivity contribution >= 4 is 29.3 Å². The van der Waals surface area contributed by atoms with Crippen molar-refractivity contribution < 1.29 is 9.63 Å². The molecule has 0 saturated heterocycles. The van der Waals surface area contributed by atoms with Gasteiger partial charge in [-0.15, -0.1) is 5.06 Å². The van der Waals surface area contributed by atoms with Gasteiger partial charge in [0.2, 0.25) is 0 Å². The maximum absolute atomic E-state index is 12.1. The van der Waals surface area contributed by atoms with Crippen LogP contribution in [0.3, 0.4) is 0 Å². The first-order valence-electron chi connectivity index (χ1n) is 6.83. The standard InChI is InChI=1S/C16H16N4O2/c1-10-8-14-18-16(21)13(15(17)20(14)22-10)9-11-4-6-12(7-5-11)19(2)3/h4-9,17H,1-3H3/b13-9+,17-15?. The van der Waals surface area contributed by atoms with Gasteiger partial charge in [-0.1, -0.05) is 12.1 Å². The van der Waals surface area contributed by atoms with Crippen molar-refractivity contribution in [1.29, 1.82) is 5.41 Å². The first-order valence-corrected chi connectivity index (χ1v) is 6.83. The van der Waals surface area contributed by atoms with Crippen molar-refractivity contribution in [3.8, 4) is 0 Å². The molecule has 0 atom stereocenters. The molecule has 112 valence electrons. The molecule has 0 unspecified atom stereocenters. The van der Waals surface area contributed by atoms with Crippen LogP contribution >= 0.6 is 0 Å². The maximum atomic E-state index is 12.1. The number of hydroxylamine groups is 2. The predicted molar refractivity (Wildman–Crippen MR) is 85.6 cm³/mol. The van der Waals surface area contributed by atoms with Gasteiger partial charge >= 0.3 is 0 Å². The highest BCUT2D eigenvalue weighted by atomic mass is 16.7. The second-order valence-corrected chi connectivity index (χ2v) is 5.31. The van der Waals surface area contributed by atoms with Crippen molar-refractivity contribution in [3.63, 3.8) is 0 Å². The molecule has 0 fully saturated rings. The zero-order valence-corrected chi connectivity index (χ0v) is 12.6. The summed E-state index contributed by atoms with van der Waals surface area (Å²) in [6.45, 7) is 1.75. The smallest absolute Gasteiger partial charge is 0.282 e. The summed E-state index contributed by atoms with van der Waals surface area (Å²) in [5.41, 5.74) is 2.11. The Hall–Kier alpha value is -2.89. The average Bonchev–Trinajstić information content (AvgIpc) is 2.84. The van der Waals surface area contributed by atoms with E-state index in [0.29, 0.717) is 11.6 Å². The number of hydrogen-bond donors (Lipinski definition) is 1. The molecule has 0 bridgehead atoms. The average molecular weight is 296 g/mol. The number of carbonyl (C=O) groups excluding carboxylic acids is 1. The summed E-state index contributed by atoms with van der Waals surface area (Å²) in [6, 6.07) is 7.71. The second kappa shape index (κ2) is 5.14. The molecule has 6 nitrogen and oxygen atoms in total. The molecule has 6 heteroatoms. The highest BCUT2D eigenvalue weighted by Crippen LogP contribution is 2.24. The van der Waals surface area contributed by atoms with Gasteiger partial charge in [-0.2, -0.15) is 4.99 Å². The second-order valence-electron chi connectivity index (χ2n) is 5.31. The number of hydrogen-bond acceptors (Lipinski definition) is 4. The van der Waals surface area contributed by atoms with Crippen molar-refractivity contribution in [2.45, 2.75) is 6.92 Å². The largest absolute Gasteiger partial charge is 0.378 e. The van der Waals surface area contributed by atoms with E-state index >= 15 is 0 Å². The molecule has 22 heavy (non-hydrogen) atoms. The number of benzene rings is 1. The quantitative estimate of drug-likeness (QED) is 0.850. The van der Waals surface area contributed by atoms with Gasteiger partial charge in [-0.05, 0) is 30.7 Å². The molecule has 3 rings (SSSR count). The van der Waals surface area contributed by atoms with E-state index in [1.807, 2.05) is 43.3 Å². The minimum Gasteiger partial charge on any atom is -0.378 e. The first kappa shape index (κ1) is 14.1. The summed E-state index contributed by atoms with van der Waals surface area (Å²) in [4.78, 5) is 23.4. The number of allylic oxidation sites excluding steroid dienone is 1. The topological polar surface area (TPSA) is 69.0 Å². The van der Waals surface area contributed by atoms with Crippen LogP contribution in [0.25, 0.3) is 6.08 Å². The third-order valence-corrected chi connectivity index (χ3v) is 3.40. The lowest BCUT2D eigenvalue weighted by Gasteiger charge is -2.23. The Morgan fingerprint density at radius 1 is 1.27 bits per heavy atom. The number of anilines is 1. The molecule has 0 aromatic heterocycles. The lowest BCUT2D eigenvalue weighted by atomic mass is 10.1. The molecule has 2 heterocycles. The van der Waals surface area contributed by atoms with Crippen LogP contribution in [-0.4, -0.2) is 36.7 Å². The van der Waals surface area contributed by atoms with Gasteiger partial charge in [-0.3, -0.25) is 10.2 Å². The molecule has 2 aliphatic heterocycles. The van der Waals surface area contributed by atoms with E-state index in [2.05, 4.69) is 4.99 Å². The van der Waals surface area contributed by atoms with Gasteiger partial charge in [0.05, 0.1) is 5.57 Å². The number of aliphatic imine (C=N–C) groups is 1. The first-order chi connectivity index (χ1) is 10.5. The number of amides is 1. The van der Waals surface area contributed by atoms with Gasteiger partial charge in [0.15, 0.2) is 11.7 Å². The predicted octanol–water partition coefficient (Wildman–Crippen LogP) is 2.20. The number of amidine groups is 2. The van der Waals surface area contributed by atoms with E-state index in [1.165, 1.54) is 5.06 Å². The third-order valence-electron chi connectivity index (χ3n) is 3.40. The molecule has 1 aromatic carbocycles. The van der Waals surface area contributed by atoms with Crippen LogP contribution in [0.15, 0.2) is 46.7 Å². The molecule has 2 aliphatic rings. The molecule has 1 amide bonds. The van der Waals surface area contributed by atoms with Crippen LogP contribution in [0.1, 0.15) is 12.5 Å². The Morgan fingerprint density at radius 3 is 2.59 bits per heavy atom. The molecule has 0 radical (unpaired) electrons. The number of nitrogens with zero attached hydrogens (tertiary/aromatic N) is 3. The Bertz CT molecular complexity index is 742. The zero-order chi connectivity index (χ0) is 15.9. The minimum absolute atomic E-state index is 0.000198. The molecular weight excluding hydrogens is 280 g/mol. The van der Waals surface area contributed by atoms with E-state index < -0.39 is 5.91 Å². The highest BCUT2D eigenvalue weighted by Gasteiger charge is 2.34. The summed E-state index contributed by atoms with van der Waals surface area (Å²) in [7, 11) is 3.92. The monoisotopic (exact) mass is 296 g/mol. The van der Waals surface area contributed by atoms with Crippen LogP contribution in [-0.2, 0) is 9.63 Å². The van der Waals surface area contributed by atoms with E-state index in [9.17, 15) is 4.79 Å². The SMILES string of the molecule is CC1=CC2=NC(=O)/C(=C/c3ccc(N(C)C)cc3)C(=N)N2O1. The van der Waals surface area contributed by atoms with Gasteiger partial charge < -0.3 is 9.74 Å². The zero-order valence-electron chi connectivity index (χ0n) is 12.6. The van der Waals surface area contributed by atoms with Crippen LogP contribution in [0.5, 0.6) is 0 Å². The van der Waals surface area contributed by atoms with Gasteiger partial charge in [-0.25, -0.2) is 0 Å². The normalized spacial score (nSPS) is 18.9. The third kappa shape index (κ3) is 2.39. The van der Waals surface area contributed by atoms with Crippen LogP contribution in [0.4, 0.5) is 5.69 Å². The number of carbonyl (C=O) groups is 1. The number of nitrogens with one attached hydrogen (secondary N) is 1. The van der Waals surface area contributed by atoms with E-state index in [1.54, 1.807) is 19.1 Å². The Balaban J connectivity index is 1.92. The van der Waals surface area contributed by atoms with Crippen molar-refractivity contribution in [2.75, 3.05) is 19.0 Å². The summed E-state index contributed by atoms with van der Waals surface area (Å²) >= 11 is 0. The fourth-order valence-electron chi connectivity index (χ4n) is 2.24. The Labute approximate surface area is 128 Å². The van der Waals surface area contributed by atoms with E-state index in [-0.39, 0.29) is 11.4 Å². The molecular formula is C16H16N4O2. The highest BCUT2D eigenvalue weighted by molar-refractivity contribution is 6.32. The van der Waals surface area contributed by atoms with E-state index in [4.69, 9.17) is 10.2 Å². The van der Waals surface area contributed by atoms with Crippen molar-refractivity contribution in [3.05, 3.63) is 47.2 Å². The van der Waals surface area contributed by atoms with Crippen LogP contribution in [0, 0.1) is 5.41 Å². The fourth-order valence-corrected chi connectivity index (χ4v) is 2.24. The Morgan fingerprint density at radius 2 is 1.95 bits per heavy atom. The summed E-state index contributed by atoms with van der Waals surface area (Å²) in [6.07, 6.45) is 3.29. The van der Waals surface area contributed by atoms with Gasteiger partial charge in [0, 0.05) is 25.9 Å². The fraction of sp³-hybridized carbons (Fsp3) is 0.188. The Kier molecular flexibility index (Phi) is 3.29. The van der Waals surface area contributed by atoms with Gasteiger partial charge in [0.1, 0.15) is 5.76 Å². The van der Waals surface area contributed by atoms with E-state index in [0.717, 1.165) is 11.3 Å². The van der Waals surface area contributed by atoms with Crippen LogP contribution in [0.2, 0.25) is 0 Å². The lowest BCUT2D eigenvalue weighted by Crippen LogP contribution is -2.38. The van der Waals surface area contributed by atoms with Crippen molar-refractivity contribution in [2.24, 2.45) is 4.99 Å². The summed E-state index contributed by atoms with van der Waals surface area (Å²) in [5, 5.41) is 9.40. The van der Waals surface area contributed by atoms with Gasteiger partial charge in [0.25, 0.3) is 5.91 Å². The molecule has 0 saturated carbocycles. The lowest BCUT2D eigenvalue weighted by molar-refractivity contribution is -0.114. The summed E-state index contributed by atoms with van der Waals surface area (Å²) < 4.78 is 0.